The number of aromatic amines is 1. The average molecular weight is 349 g/mol. The molecule has 1 aromatic carbocycles. The lowest BCUT2D eigenvalue weighted by Crippen LogP contribution is -2.16. The highest BCUT2D eigenvalue weighted by Crippen LogP contribution is 2.33. The van der Waals surface area contributed by atoms with Gasteiger partial charge in [-0.25, -0.2) is 9.97 Å². The zero-order chi connectivity index (χ0) is 18.7. The Labute approximate surface area is 149 Å². The van der Waals surface area contributed by atoms with E-state index in [4.69, 9.17) is 5.41 Å². The smallest absolute Gasteiger partial charge is 0.222 e. The second-order valence-electron chi connectivity index (χ2n) is 6.59. The van der Waals surface area contributed by atoms with Gasteiger partial charge in [-0.05, 0) is 44.9 Å². The van der Waals surface area contributed by atoms with Crippen molar-refractivity contribution in [2.24, 2.45) is 0 Å². The van der Waals surface area contributed by atoms with Crippen molar-refractivity contribution in [3.8, 4) is 17.3 Å². The second-order valence-corrected chi connectivity index (χ2v) is 6.59. The first-order chi connectivity index (χ1) is 12.3. The maximum Gasteiger partial charge on any atom is 0.222 e. The number of hydrogen-bond donors (Lipinski definition) is 4. The molecule has 4 rings (SSSR count). The minimum absolute atomic E-state index is 0.0777. The van der Waals surface area contributed by atoms with Crippen LogP contribution >= 0.6 is 0 Å². The van der Waals surface area contributed by atoms with Crippen LogP contribution in [0, 0.1) is 33.1 Å². The van der Waals surface area contributed by atoms with Gasteiger partial charge in [-0.2, -0.15) is 0 Å². The van der Waals surface area contributed by atoms with E-state index in [2.05, 4.69) is 15.0 Å². The Bertz CT molecular complexity index is 1270. The van der Waals surface area contributed by atoms with Crippen LogP contribution in [0.2, 0.25) is 0 Å². The van der Waals surface area contributed by atoms with E-state index >= 15 is 0 Å². The lowest BCUT2D eigenvalue weighted by atomic mass is 10.1. The number of rotatable bonds is 1. The third-order valence-electron chi connectivity index (χ3n) is 4.80. The van der Waals surface area contributed by atoms with Crippen molar-refractivity contribution in [1.29, 1.82) is 5.41 Å². The van der Waals surface area contributed by atoms with Crippen molar-refractivity contribution < 1.29 is 10.2 Å². The first-order valence-corrected chi connectivity index (χ1v) is 8.25. The summed E-state index contributed by atoms with van der Waals surface area (Å²) in [6.07, 6.45) is 1.58. The minimum atomic E-state index is -0.216. The van der Waals surface area contributed by atoms with E-state index in [0.717, 1.165) is 16.6 Å². The first-order valence-electron chi connectivity index (χ1n) is 8.25. The van der Waals surface area contributed by atoms with Gasteiger partial charge in [0.1, 0.15) is 17.1 Å². The summed E-state index contributed by atoms with van der Waals surface area (Å²) >= 11 is 0. The van der Waals surface area contributed by atoms with E-state index in [9.17, 15) is 10.2 Å². The summed E-state index contributed by atoms with van der Waals surface area (Å²) in [5.41, 5.74) is 4.47. The first kappa shape index (κ1) is 16.1. The fourth-order valence-corrected chi connectivity index (χ4v) is 3.52. The number of phenolic OH excluding ortho intramolecular Hbond substituents is 1. The van der Waals surface area contributed by atoms with Crippen molar-refractivity contribution in [3.05, 3.63) is 46.3 Å². The molecule has 0 saturated heterocycles. The summed E-state index contributed by atoms with van der Waals surface area (Å²) < 4.78 is 1.67. The highest BCUT2D eigenvalue weighted by Gasteiger charge is 2.22. The van der Waals surface area contributed by atoms with Crippen molar-refractivity contribution in [2.45, 2.75) is 27.7 Å². The van der Waals surface area contributed by atoms with Gasteiger partial charge < -0.3 is 15.2 Å². The van der Waals surface area contributed by atoms with Gasteiger partial charge in [-0.15, -0.1) is 0 Å². The summed E-state index contributed by atoms with van der Waals surface area (Å²) in [6, 6.07) is 3.44. The van der Waals surface area contributed by atoms with E-state index in [1.807, 2.05) is 20.8 Å². The number of nitrogens with zero attached hydrogens (tertiary/aromatic N) is 3. The van der Waals surface area contributed by atoms with Crippen LogP contribution in [0.25, 0.3) is 27.6 Å². The highest BCUT2D eigenvalue weighted by molar-refractivity contribution is 6.09. The number of H-pyrrole nitrogens is 1. The molecule has 0 aliphatic heterocycles. The molecule has 0 spiro atoms. The minimum Gasteiger partial charge on any atom is -0.508 e. The maximum atomic E-state index is 10.5. The topological polar surface area (TPSA) is 111 Å². The molecule has 0 unspecified atom stereocenters. The highest BCUT2D eigenvalue weighted by atomic mass is 16.3. The SMILES string of the molecule is Cc1nc2c3c([nH]1)c(C)cnc(O)c3c(=N)n2-c1c(C)ccc(O)c1C. The Balaban J connectivity index is 2.36. The third kappa shape index (κ3) is 2.03. The number of phenols is 1. The van der Waals surface area contributed by atoms with Crippen LogP contribution in [0.4, 0.5) is 0 Å². The number of nitrogens with one attached hydrogen (secondary N) is 2. The van der Waals surface area contributed by atoms with Crippen molar-refractivity contribution >= 4 is 21.9 Å². The number of benzene rings is 1. The molecule has 132 valence electrons. The number of aromatic hydroxyl groups is 2. The summed E-state index contributed by atoms with van der Waals surface area (Å²) in [7, 11) is 0. The normalized spacial score (nSPS) is 11.5. The predicted molar refractivity (Wildman–Crippen MR) is 98.9 cm³/mol. The molecule has 0 radical (unpaired) electrons. The molecule has 0 aliphatic carbocycles. The lowest BCUT2D eigenvalue weighted by molar-refractivity contribution is 0.460. The molecule has 0 saturated carbocycles. The molecule has 3 aromatic heterocycles. The number of aromatic nitrogens is 4. The van der Waals surface area contributed by atoms with Crippen molar-refractivity contribution in [1.82, 2.24) is 19.5 Å². The fraction of sp³-hybridized carbons (Fsp3) is 0.211. The Morgan fingerprint density at radius 3 is 2.50 bits per heavy atom. The molecule has 7 nitrogen and oxygen atoms in total. The van der Waals surface area contributed by atoms with Gasteiger partial charge >= 0.3 is 0 Å². The molecule has 0 aliphatic rings. The number of hydrogen-bond acceptors (Lipinski definition) is 5. The van der Waals surface area contributed by atoms with E-state index in [1.54, 1.807) is 29.8 Å². The summed E-state index contributed by atoms with van der Waals surface area (Å²) in [5.74, 6) is 0.614. The molecule has 0 amide bonds. The molecule has 0 bridgehead atoms. The molecule has 3 heterocycles. The van der Waals surface area contributed by atoms with E-state index in [1.165, 1.54) is 0 Å². The molecule has 26 heavy (non-hydrogen) atoms. The van der Waals surface area contributed by atoms with Gasteiger partial charge in [-0.1, -0.05) is 6.07 Å². The Morgan fingerprint density at radius 2 is 1.77 bits per heavy atom. The van der Waals surface area contributed by atoms with Gasteiger partial charge in [0.05, 0.1) is 22.0 Å². The van der Waals surface area contributed by atoms with Crippen LogP contribution in [-0.2, 0) is 0 Å². The third-order valence-corrected chi connectivity index (χ3v) is 4.80. The fourth-order valence-electron chi connectivity index (χ4n) is 3.52. The Kier molecular flexibility index (Phi) is 3.30. The average Bonchev–Trinajstić information content (AvgIpc) is 2.80. The van der Waals surface area contributed by atoms with Crippen LogP contribution in [0.15, 0.2) is 18.3 Å². The monoisotopic (exact) mass is 349 g/mol. The number of aryl methyl sites for hydroxylation is 3. The summed E-state index contributed by atoms with van der Waals surface area (Å²) in [4.78, 5) is 11.9. The van der Waals surface area contributed by atoms with Gasteiger partial charge in [0.15, 0.2) is 5.65 Å². The molecule has 7 heteroatoms. The molecule has 0 fully saturated rings. The standard InChI is InChI=1S/C19H19N5O2/c1-8-5-6-12(25)10(3)16(8)24-17(20)14-13-15(9(2)7-21-19(14)26)22-11(4)23-18(13)24/h5-7,20,25-26H,1-4H3,(H,22,23). The van der Waals surface area contributed by atoms with Crippen LogP contribution in [-0.4, -0.2) is 29.7 Å². The second kappa shape index (κ2) is 5.32. The van der Waals surface area contributed by atoms with Gasteiger partial charge in [-0.3, -0.25) is 9.98 Å². The molecule has 0 atom stereocenters. The molecule has 4 aromatic rings. The van der Waals surface area contributed by atoms with Crippen LogP contribution in [0.1, 0.15) is 22.5 Å². The zero-order valence-electron chi connectivity index (χ0n) is 15.0. The Morgan fingerprint density at radius 1 is 1.04 bits per heavy atom. The van der Waals surface area contributed by atoms with Crippen LogP contribution in [0.5, 0.6) is 11.6 Å². The van der Waals surface area contributed by atoms with Gasteiger partial charge in [0.2, 0.25) is 5.88 Å². The zero-order valence-corrected chi connectivity index (χ0v) is 15.0. The van der Waals surface area contributed by atoms with E-state index < -0.39 is 0 Å². The maximum absolute atomic E-state index is 10.5. The largest absolute Gasteiger partial charge is 0.508 e. The molecule has 4 N–H and O–H groups in total. The predicted octanol–water partition coefficient (Wildman–Crippen LogP) is 3.03. The van der Waals surface area contributed by atoms with Gasteiger partial charge in [0, 0.05) is 11.8 Å². The quantitative estimate of drug-likeness (QED) is 0.423. The summed E-state index contributed by atoms with van der Waals surface area (Å²) in [6.45, 7) is 7.46. The van der Waals surface area contributed by atoms with Crippen LogP contribution in [0.3, 0.4) is 0 Å². The van der Waals surface area contributed by atoms with Gasteiger partial charge in [0.25, 0.3) is 0 Å². The Hall–Kier alpha value is -3.35. The molecular formula is C19H19N5O2. The van der Waals surface area contributed by atoms with Crippen LogP contribution < -0.4 is 5.49 Å². The van der Waals surface area contributed by atoms with Crippen molar-refractivity contribution in [3.63, 3.8) is 0 Å². The lowest BCUT2D eigenvalue weighted by Gasteiger charge is -2.14. The van der Waals surface area contributed by atoms with E-state index in [-0.39, 0.29) is 17.1 Å². The van der Waals surface area contributed by atoms with E-state index in [0.29, 0.717) is 33.5 Å². The molecular weight excluding hydrogens is 330 g/mol. The summed E-state index contributed by atoms with van der Waals surface area (Å²) in [5, 5.41) is 30.4. The van der Waals surface area contributed by atoms with Crippen molar-refractivity contribution in [2.75, 3.05) is 0 Å².